The number of hydrogen-bond donors (Lipinski definition) is 1. The molecule has 3 rings (SSSR count). The van der Waals surface area contributed by atoms with E-state index in [1.54, 1.807) is 11.3 Å². The van der Waals surface area contributed by atoms with E-state index >= 15 is 0 Å². The summed E-state index contributed by atoms with van der Waals surface area (Å²) in [5.74, 6) is 3.00. The first-order chi connectivity index (χ1) is 7.86. The van der Waals surface area contributed by atoms with Gasteiger partial charge in [-0.15, -0.1) is 11.3 Å². The van der Waals surface area contributed by atoms with E-state index in [1.807, 2.05) is 0 Å². The van der Waals surface area contributed by atoms with Crippen LogP contribution in [0.2, 0.25) is 0 Å². The zero-order valence-electron chi connectivity index (χ0n) is 9.91. The van der Waals surface area contributed by atoms with Crippen LogP contribution < -0.4 is 5.32 Å². The van der Waals surface area contributed by atoms with Crippen LogP contribution in [0.4, 0.5) is 5.13 Å². The summed E-state index contributed by atoms with van der Waals surface area (Å²) in [4.78, 5) is 4.57. The molecule has 0 amide bonds. The van der Waals surface area contributed by atoms with Gasteiger partial charge < -0.3 is 5.32 Å². The third kappa shape index (κ3) is 2.40. The Balaban J connectivity index is 1.53. The molecule has 0 atom stereocenters. The van der Waals surface area contributed by atoms with Crippen molar-refractivity contribution in [3.63, 3.8) is 0 Å². The van der Waals surface area contributed by atoms with Crippen LogP contribution in [0.15, 0.2) is 5.38 Å². The van der Waals surface area contributed by atoms with Crippen molar-refractivity contribution >= 4 is 16.5 Å². The Kier molecular flexibility index (Phi) is 2.88. The highest BCUT2D eigenvalue weighted by Crippen LogP contribution is 2.49. The molecule has 2 saturated carbocycles. The molecule has 3 heteroatoms. The zero-order chi connectivity index (χ0) is 11.0. The van der Waals surface area contributed by atoms with E-state index in [0.29, 0.717) is 0 Å². The van der Waals surface area contributed by atoms with Gasteiger partial charge in [-0.05, 0) is 49.9 Å². The fraction of sp³-hybridized carbons (Fsp3) is 0.769. The second kappa shape index (κ2) is 4.36. The summed E-state index contributed by atoms with van der Waals surface area (Å²) >= 11 is 1.76. The summed E-state index contributed by atoms with van der Waals surface area (Å²) < 4.78 is 0. The number of aryl methyl sites for hydroxylation is 1. The van der Waals surface area contributed by atoms with Gasteiger partial charge in [0.1, 0.15) is 0 Å². The van der Waals surface area contributed by atoms with Gasteiger partial charge in [-0.3, -0.25) is 0 Å². The van der Waals surface area contributed by atoms with Gasteiger partial charge in [-0.2, -0.15) is 0 Å². The Bertz CT molecular complexity index is 341. The average Bonchev–Trinajstić information content (AvgIpc) is 3.20. The number of rotatable bonds is 6. The largest absolute Gasteiger partial charge is 0.361 e. The lowest BCUT2D eigenvalue weighted by atomic mass is 9.98. The molecular formula is C13H20N2S. The van der Waals surface area contributed by atoms with Crippen LogP contribution >= 0.6 is 11.3 Å². The first-order valence-electron chi connectivity index (χ1n) is 6.55. The van der Waals surface area contributed by atoms with Gasteiger partial charge >= 0.3 is 0 Å². The van der Waals surface area contributed by atoms with Crippen molar-refractivity contribution in [3.8, 4) is 0 Å². The van der Waals surface area contributed by atoms with Gasteiger partial charge in [0, 0.05) is 11.9 Å². The van der Waals surface area contributed by atoms with E-state index in [0.717, 1.165) is 35.9 Å². The van der Waals surface area contributed by atoms with Gasteiger partial charge in [0.2, 0.25) is 0 Å². The maximum Gasteiger partial charge on any atom is 0.182 e. The van der Waals surface area contributed by atoms with Crippen LogP contribution in [0.5, 0.6) is 0 Å². The number of aromatic nitrogens is 1. The Labute approximate surface area is 101 Å². The predicted molar refractivity (Wildman–Crippen MR) is 68.9 cm³/mol. The molecule has 0 aromatic carbocycles. The Morgan fingerprint density at radius 2 is 2.06 bits per heavy atom. The maximum absolute atomic E-state index is 4.57. The standard InChI is InChI=1S/C13H20N2S/c1-2-11-8-16-13(15-11)14-7-12(9-3-4-9)10-5-6-10/h8-10,12H,2-7H2,1H3,(H,14,15). The third-order valence-electron chi connectivity index (χ3n) is 3.86. The lowest BCUT2D eigenvalue weighted by Gasteiger charge is -2.15. The molecule has 2 aliphatic carbocycles. The fourth-order valence-electron chi connectivity index (χ4n) is 2.52. The van der Waals surface area contributed by atoms with Crippen LogP contribution in [-0.4, -0.2) is 11.5 Å². The van der Waals surface area contributed by atoms with Crippen LogP contribution in [0.3, 0.4) is 0 Å². The molecule has 0 bridgehead atoms. The minimum Gasteiger partial charge on any atom is -0.361 e. The molecule has 1 N–H and O–H groups in total. The molecular weight excluding hydrogens is 216 g/mol. The van der Waals surface area contributed by atoms with E-state index in [4.69, 9.17) is 0 Å². The summed E-state index contributed by atoms with van der Waals surface area (Å²) in [5, 5.41) is 6.85. The minimum absolute atomic E-state index is 0.939. The highest BCUT2D eigenvalue weighted by atomic mass is 32.1. The highest BCUT2D eigenvalue weighted by Gasteiger charge is 2.41. The molecule has 0 saturated heterocycles. The maximum atomic E-state index is 4.57. The van der Waals surface area contributed by atoms with Crippen LogP contribution in [-0.2, 0) is 6.42 Å². The van der Waals surface area contributed by atoms with Crippen LogP contribution in [0.1, 0.15) is 38.3 Å². The molecule has 1 aromatic rings. The topological polar surface area (TPSA) is 24.9 Å². The Morgan fingerprint density at radius 1 is 1.38 bits per heavy atom. The monoisotopic (exact) mass is 236 g/mol. The van der Waals surface area contributed by atoms with Crippen molar-refractivity contribution in [2.45, 2.75) is 39.0 Å². The second-order valence-corrected chi connectivity index (χ2v) is 6.08. The van der Waals surface area contributed by atoms with Crippen molar-refractivity contribution < 1.29 is 0 Å². The van der Waals surface area contributed by atoms with Crippen molar-refractivity contribution in [2.24, 2.45) is 17.8 Å². The molecule has 2 fully saturated rings. The van der Waals surface area contributed by atoms with Crippen molar-refractivity contribution in [3.05, 3.63) is 11.1 Å². The molecule has 1 heterocycles. The molecule has 0 radical (unpaired) electrons. The van der Waals surface area contributed by atoms with Crippen molar-refractivity contribution in [1.29, 1.82) is 0 Å². The molecule has 0 spiro atoms. The van der Waals surface area contributed by atoms with E-state index in [9.17, 15) is 0 Å². The molecule has 88 valence electrons. The van der Waals surface area contributed by atoms with E-state index in [2.05, 4.69) is 22.6 Å². The van der Waals surface area contributed by atoms with Crippen molar-refractivity contribution in [1.82, 2.24) is 4.98 Å². The lowest BCUT2D eigenvalue weighted by molar-refractivity contribution is 0.428. The number of hydrogen-bond acceptors (Lipinski definition) is 3. The molecule has 1 aromatic heterocycles. The second-order valence-electron chi connectivity index (χ2n) is 5.22. The summed E-state index contributed by atoms with van der Waals surface area (Å²) in [5.41, 5.74) is 1.22. The molecule has 2 aliphatic rings. The van der Waals surface area contributed by atoms with Crippen LogP contribution in [0, 0.1) is 17.8 Å². The van der Waals surface area contributed by atoms with E-state index < -0.39 is 0 Å². The Morgan fingerprint density at radius 3 is 2.56 bits per heavy atom. The summed E-state index contributed by atoms with van der Waals surface area (Å²) in [6.45, 7) is 3.32. The first-order valence-corrected chi connectivity index (χ1v) is 7.43. The van der Waals surface area contributed by atoms with Gasteiger partial charge in [0.05, 0.1) is 5.69 Å². The number of thiazole rings is 1. The van der Waals surface area contributed by atoms with Gasteiger partial charge in [0.25, 0.3) is 0 Å². The molecule has 0 aliphatic heterocycles. The van der Waals surface area contributed by atoms with E-state index in [1.165, 1.54) is 31.4 Å². The normalized spacial score (nSPS) is 20.4. The third-order valence-corrected chi connectivity index (χ3v) is 4.71. The highest BCUT2D eigenvalue weighted by molar-refractivity contribution is 7.13. The summed E-state index contributed by atoms with van der Waals surface area (Å²) in [6.07, 6.45) is 6.94. The van der Waals surface area contributed by atoms with Crippen molar-refractivity contribution in [2.75, 3.05) is 11.9 Å². The van der Waals surface area contributed by atoms with Gasteiger partial charge in [-0.1, -0.05) is 6.92 Å². The Hall–Kier alpha value is -0.570. The van der Waals surface area contributed by atoms with E-state index in [-0.39, 0.29) is 0 Å². The summed E-state index contributed by atoms with van der Waals surface area (Å²) in [6, 6.07) is 0. The lowest BCUT2D eigenvalue weighted by Crippen LogP contribution is -2.18. The number of nitrogens with one attached hydrogen (secondary N) is 1. The molecule has 0 unspecified atom stereocenters. The molecule has 2 nitrogen and oxygen atoms in total. The molecule has 16 heavy (non-hydrogen) atoms. The smallest absolute Gasteiger partial charge is 0.182 e. The predicted octanol–water partition coefficient (Wildman–Crippen LogP) is 3.55. The summed E-state index contributed by atoms with van der Waals surface area (Å²) in [7, 11) is 0. The quantitative estimate of drug-likeness (QED) is 0.817. The SMILES string of the molecule is CCc1csc(NCC(C2CC2)C2CC2)n1. The minimum atomic E-state index is 0.939. The van der Waals surface area contributed by atoms with Gasteiger partial charge in [-0.25, -0.2) is 4.98 Å². The number of anilines is 1. The van der Waals surface area contributed by atoms with Crippen LogP contribution in [0.25, 0.3) is 0 Å². The number of nitrogens with zero attached hydrogens (tertiary/aromatic N) is 1. The average molecular weight is 236 g/mol. The first kappa shape index (κ1) is 10.6. The zero-order valence-corrected chi connectivity index (χ0v) is 10.7. The van der Waals surface area contributed by atoms with Gasteiger partial charge in [0.15, 0.2) is 5.13 Å². The fourth-order valence-corrected chi connectivity index (χ4v) is 3.33.